The Morgan fingerprint density at radius 3 is 2.39 bits per heavy atom. The van der Waals surface area contributed by atoms with Crippen molar-refractivity contribution in [1.82, 2.24) is 0 Å². The lowest BCUT2D eigenvalue weighted by Gasteiger charge is -2.13. The topological polar surface area (TPSA) is 127 Å². The number of anilines is 1. The molecule has 98 valence electrons. The Morgan fingerprint density at radius 1 is 1.33 bits per heavy atom. The van der Waals surface area contributed by atoms with E-state index in [0.29, 0.717) is 0 Å². The number of hydrogen-bond acceptors (Lipinski definition) is 4. The van der Waals surface area contributed by atoms with Gasteiger partial charge in [-0.1, -0.05) is 12.1 Å². The molecule has 0 saturated heterocycles. The fraction of sp³-hybridized carbons (Fsp3) is 0.200. The number of carboxylic acid groups (broad SMARTS) is 1. The van der Waals surface area contributed by atoms with Gasteiger partial charge in [0.05, 0.1) is 11.3 Å². The maximum absolute atomic E-state index is 11.7. The minimum Gasteiger partial charge on any atom is -0.480 e. The number of nitrogens with two attached hydrogens (primary N) is 1. The van der Waals surface area contributed by atoms with Crippen LogP contribution in [-0.4, -0.2) is 30.7 Å². The van der Waals surface area contributed by atoms with Crippen molar-refractivity contribution in [3.05, 3.63) is 29.8 Å². The molecule has 1 aromatic carbocycles. The maximum atomic E-state index is 11.7. The van der Waals surface area contributed by atoms with E-state index >= 15 is 0 Å². The van der Waals surface area contributed by atoms with Crippen LogP contribution in [0.1, 0.15) is 17.3 Å². The quantitative estimate of drug-likeness (QED) is 0.695. The Balaban J connectivity index is 3.13. The standard InChI is InChI=1S/C10H12N2O5S/c1-6(10(14)15)18(16,17)12-8-5-3-2-4-7(8)9(11)13/h2-6,12H,1H3,(H2,11,13)(H,14,15). The van der Waals surface area contributed by atoms with Crippen LogP contribution in [0.2, 0.25) is 0 Å². The van der Waals surface area contributed by atoms with Crippen LogP contribution >= 0.6 is 0 Å². The molecule has 1 amide bonds. The zero-order valence-electron chi connectivity index (χ0n) is 9.45. The number of benzene rings is 1. The molecule has 0 radical (unpaired) electrons. The zero-order chi connectivity index (χ0) is 13.9. The molecule has 0 saturated carbocycles. The molecule has 8 heteroatoms. The van der Waals surface area contributed by atoms with Crippen molar-refractivity contribution in [3.8, 4) is 0 Å². The largest absolute Gasteiger partial charge is 0.480 e. The fourth-order valence-corrected chi connectivity index (χ4v) is 2.09. The van der Waals surface area contributed by atoms with E-state index in [1.54, 1.807) is 0 Å². The Kier molecular flexibility index (Phi) is 3.92. The van der Waals surface area contributed by atoms with Gasteiger partial charge in [-0.15, -0.1) is 0 Å². The SMILES string of the molecule is CC(C(=O)O)S(=O)(=O)Nc1ccccc1C(N)=O. The number of carbonyl (C=O) groups is 2. The number of carbonyl (C=O) groups excluding carboxylic acids is 1. The van der Waals surface area contributed by atoms with Crippen LogP contribution in [0.3, 0.4) is 0 Å². The molecule has 0 heterocycles. The molecule has 0 aliphatic heterocycles. The maximum Gasteiger partial charge on any atom is 0.323 e. The van der Waals surface area contributed by atoms with E-state index in [4.69, 9.17) is 10.8 Å². The molecule has 18 heavy (non-hydrogen) atoms. The fourth-order valence-electron chi connectivity index (χ4n) is 1.16. The minimum absolute atomic E-state index is 0.0290. The molecule has 1 rings (SSSR count). The summed E-state index contributed by atoms with van der Waals surface area (Å²) >= 11 is 0. The summed E-state index contributed by atoms with van der Waals surface area (Å²) in [6.07, 6.45) is 0. The van der Waals surface area contributed by atoms with Gasteiger partial charge in [0.15, 0.2) is 5.25 Å². The van der Waals surface area contributed by atoms with Gasteiger partial charge in [0.1, 0.15) is 0 Å². The summed E-state index contributed by atoms with van der Waals surface area (Å²) in [5.74, 6) is -2.30. The molecule has 1 atom stereocenters. The van der Waals surface area contributed by atoms with Gasteiger partial charge >= 0.3 is 5.97 Å². The molecule has 0 bridgehead atoms. The predicted molar refractivity (Wildman–Crippen MR) is 64.6 cm³/mol. The number of para-hydroxylation sites is 1. The second kappa shape index (κ2) is 5.05. The molecular weight excluding hydrogens is 260 g/mol. The smallest absolute Gasteiger partial charge is 0.323 e. The Morgan fingerprint density at radius 2 is 1.89 bits per heavy atom. The number of carboxylic acids is 1. The Labute approximate surface area is 104 Å². The summed E-state index contributed by atoms with van der Waals surface area (Å²) < 4.78 is 25.4. The van der Waals surface area contributed by atoms with Gasteiger partial charge in [0, 0.05) is 0 Å². The number of hydrogen-bond donors (Lipinski definition) is 3. The van der Waals surface area contributed by atoms with Crippen molar-refractivity contribution < 1.29 is 23.1 Å². The predicted octanol–water partition coefficient (Wildman–Crippen LogP) is 0.000300. The molecule has 0 aromatic heterocycles. The molecule has 0 aliphatic rings. The Hall–Kier alpha value is -2.09. The second-order valence-electron chi connectivity index (χ2n) is 3.54. The number of sulfonamides is 1. The summed E-state index contributed by atoms with van der Waals surface area (Å²) in [6.45, 7) is 1.03. The highest BCUT2D eigenvalue weighted by molar-refractivity contribution is 7.94. The third-order valence-electron chi connectivity index (χ3n) is 2.26. The highest BCUT2D eigenvalue weighted by Crippen LogP contribution is 2.17. The lowest BCUT2D eigenvalue weighted by Crippen LogP contribution is -2.32. The summed E-state index contributed by atoms with van der Waals surface area (Å²) in [5, 5.41) is 7.02. The highest BCUT2D eigenvalue weighted by atomic mass is 32.2. The number of rotatable bonds is 5. The van der Waals surface area contributed by atoms with Crippen molar-refractivity contribution >= 4 is 27.6 Å². The van der Waals surface area contributed by atoms with Gasteiger partial charge in [0.2, 0.25) is 10.0 Å². The summed E-state index contributed by atoms with van der Waals surface area (Å²) in [7, 11) is -4.13. The third-order valence-corrected chi connectivity index (χ3v) is 3.89. The second-order valence-corrected chi connectivity index (χ2v) is 5.54. The first-order chi connectivity index (χ1) is 8.25. The lowest BCUT2D eigenvalue weighted by atomic mass is 10.2. The third kappa shape index (κ3) is 2.98. The number of nitrogens with one attached hydrogen (secondary N) is 1. The van der Waals surface area contributed by atoms with Crippen molar-refractivity contribution in [2.75, 3.05) is 4.72 Å². The highest BCUT2D eigenvalue weighted by Gasteiger charge is 2.28. The summed E-state index contributed by atoms with van der Waals surface area (Å²) in [5.41, 5.74) is 5.01. The first kappa shape index (κ1) is 14.0. The van der Waals surface area contributed by atoms with Crippen LogP contribution in [-0.2, 0) is 14.8 Å². The molecule has 4 N–H and O–H groups in total. The van der Waals surface area contributed by atoms with E-state index in [2.05, 4.69) is 0 Å². The van der Waals surface area contributed by atoms with E-state index < -0.39 is 27.1 Å². The number of primary amides is 1. The average Bonchev–Trinajstić information content (AvgIpc) is 2.27. The van der Waals surface area contributed by atoms with Crippen molar-refractivity contribution in [2.45, 2.75) is 12.2 Å². The molecule has 0 spiro atoms. The van der Waals surface area contributed by atoms with Crippen molar-refractivity contribution in [2.24, 2.45) is 5.73 Å². The lowest BCUT2D eigenvalue weighted by molar-refractivity contribution is -0.136. The average molecular weight is 272 g/mol. The zero-order valence-corrected chi connectivity index (χ0v) is 10.3. The van der Waals surface area contributed by atoms with E-state index in [-0.39, 0.29) is 11.3 Å². The van der Waals surface area contributed by atoms with Crippen LogP contribution in [0.5, 0.6) is 0 Å². The molecule has 0 fully saturated rings. The van der Waals surface area contributed by atoms with Crippen LogP contribution in [0, 0.1) is 0 Å². The first-order valence-corrected chi connectivity index (χ1v) is 6.43. The monoisotopic (exact) mass is 272 g/mol. The Bertz CT molecular complexity index is 582. The normalized spacial score (nSPS) is 12.7. The first-order valence-electron chi connectivity index (χ1n) is 4.89. The van der Waals surface area contributed by atoms with E-state index in [0.717, 1.165) is 6.92 Å². The van der Waals surface area contributed by atoms with Gasteiger partial charge in [0.25, 0.3) is 5.91 Å². The van der Waals surface area contributed by atoms with Crippen LogP contribution in [0.4, 0.5) is 5.69 Å². The van der Waals surface area contributed by atoms with Gasteiger partial charge in [-0.25, -0.2) is 8.42 Å². The summed E-state index contributed by atoms with van der Waals surface area (Å²) in [6, 6.07) is 5.67. The van der Waals surface area contributed by atoms with E-state index in [1.807, 2.05) is 4.72 Å². The molecular formula is C10H12N2O5S. The van der Waals surface area contributed by atoms with Crippen molar-refractivity contribution in [1.29, 1.82) is 0 Å². The van der Waals surface area contributed by atoms with Crippen molar-refractivity contribution in [3.63, 3.8) is 0 Å². The van der Waals surface area contributed by atoms with Crippen LogP contribution in [0.25, 0.3) is 0 Å². The van der Waals surface area contributed by atoms with Gasteiger partial charge in [-0.2, -0.15) is 0 Å². The van der Waals surface area contributed by atoms with Gasteiger partial charge < -0.3 is 10.8 Å². The number of amides is 1. The van der Waals surface area contributed by atoms with Gasteiger partial charge in [-0.3, -0.25) is 14.3 Å². The molecule has 0 aliphatic carbocycles. The number of aliphatic carboxylic acids is 1. The molecule has 1 aromatic rings. The van der Waals surface area contributed by atoms with Crippen LogP contribution < -0.4 is 10.5 Å². The molecule has 7 nitrogen and oxygen atoms in total. The van der Waals surface area contributed by atoms with Gasteiger partial charge in [-0.05, 0) is 19.1 Å². The van der Waals surface area contributed by atoms with E-state index in [9.17, 15) is 18.0 Å². The minimum atomic E-state index is -4.13. The molecule has 1 unspecified atom stereocenters. The van der Waals surface area contributed by atoms with Crippen LogP contribution in [0.15, 0.2) is 24.3 Å². The van der Waals surface area contributed by atoms with E-state index in [1.165, 1.54) is 24.3 Å². The summed E-state index contributed by atoms with van der Waals surface area (Å²) in [4.78, 5) is 21.7.